The Morgan fingerprint density at radius 1 is 1.00 bits per heavy atom. The third kappa shape index (κ3) is 3.46. The highest BCUT2D eigenvalue weighted by molar-refractivity contribution is 5.85. The van der Waals surface area contributed by atoms with Crippen molar-refractivity contribution in [3.63, 3.8) is 0 Å². The van der Waals surface area contributed by atoms with Gasteiger partial charge >= 0.3 is 0 Å². The van der Waals surface area contributed by atoms with Crippen LogP contribution in [0.3, 0.4) is 0 Å². The lowest BCUT2D eigenvalue weighted by molar-refractivity contribution is 0.111. The number of aromatic nitrogens is 1. The molecule has 0 aliphatic carbocycles. The Kier molecular flexibility index (Phi) is 7.69. The van der Waals surface area contributed by atoms with Crippen molar-refractivity contribution in [2.45, 2.75) is 0 Å². The van der Waals surface area contributed by atoms with E-state index >= 15 is 0 Å². The Morgan fingerprint density at radius 3 is 1.75 bits per heavy atom. The number of hydrogen-bond donors (Lipinski definition) is 0. The summed E-state index contributed by atoms with van der Waals surface area (Å²) >= 11 is 0. The Hall–Kier alpha value is -0.930. The lowest BCUT2D eigenvalue weighted by Crippen LogP contribution is -1.90. The first kappa shape index (κ1) is 13.6. The number of aldehydes is 2. The standard InChI is InChI=1S/C7H5NO2.2ClH/c9-4-6-2-1-3-7(5-10)8-6;;/h1-5H;2*1H. The molecule has 0 saturated carbocycles. The van der Waals surface area contributed by atoms with E-state index in [0.717, 1.165) is 0 Å². The van der Waals surface area contributed by atoms with E-state index in [2.05, 4.69) is 4.98 Å². The van der Waals surface area contributed by atoms with Crippen LogP contribution >= 0.6 is 24.8 Å². The molecular formula is C7H7Cl2NO2. The predicted octanol–water partition coefficient (Wildman–Crippen LogP) is 1.55. The number of rotatable bonds is 2. The molecule has 3 nitrogen and oxygen atoms in total. The first-order valence-electron chi connectivity index (χ1n) is 2.74. The maximum Gasteiger partial charge on any atom is 0.168 e. The van der Waals surface area contributed by atoms with Gasteiger partial charge in [0.2, 0.25) is 0 Å². The van der Waals surface area contributed by atoms with Gasteiger partial charge in [-0.2, -0.15) is 0 Å². The molecular weight excluding hydrogens is 201 g/mol. The predicted molar refractivity (Wildman–Crippen MR) is 49.5 cm³/mol. The fourth-order valence-corrected chi connectivity index (χ4v) is 0.600. The second-order valence-corrected chi connectivity index (χ2v) is 1.72. The molecule has 1 aromatic rings. The number of halogens is 2. The van der Waals surface area contributed by atoms with Crippen molar-refractivity contribution in [2.75, 3.05) is 0 Å². The molecule has 1 heterocycles. The van der Waals surface area contributed by atoms with Gasteiger partial charge in [0.25, 0.3) is 0 Å². The Bertz CT molecular complexity index is 242. The molecule has 66 valence electrons. The molecule has 0 aliphatic rings. The van der Waals surface area contributed by atoms with E-state index in [1.165, 1.54) is 0 Å². The molecule has 0 unspecified atom stereocenters. The highest BCUT2D eigenvalue weighted by Crippen LogP contribution is 1.92. The highest BCUT2D eigenvalue weighted by Gasteiger charge is 1.92. The van der Waals surface area contributed by atoms with Gasteiger partial charge in [-0.05, 0) is 12.1 Å². The van der Waals surface area contributed by atoms with E-state index in [-0.39, 0.29) is 36.2 Å². The van der Waals surface area contributed by atoms with E-state index in [1.54, 1.807) is 18.2 Å². The largest absolute Gasteiger partial charge is 0.296 e. The fourth-order valence-electron chi connectivity index (χ4n) is 0.600. The molecule has 12 heavy (non-hydrogen) atoms. The van der Waals surface area contributed by atoms with Crippen molar-refractivity contribution in [1.29, 1.82) is 0 Å². The summed E-state index contributed by atoms with van der Waals surface area (Å²) in [6.07, 6.45) is 1.21. The fraction of sp³-hybridized carbons (Fsp3) is 0. The van der Waals surface area contributed by atoms with Gasteiger partial charge < -0.3 is 0 Å². The maximum absolute atomic E-state index is 10.1. The van der Waals surface area contributed by atoms with Gasteiger partial charge in [0.1, 0.15) is 11.4 Å². The molecule has 0 atom stereocenters. The summed E-state index contributed by atoms with van der Waals surface area (Å²) < 4.78 is 0. The van der Waals surface area contributed by atoms with Crippen LogP contribution in [0.1, 0.15) is 21.0 Å². The number of nitrogens with zero attached hydrogens (tertiary/aromatic N) is 1. The molecule has 0 spiro atoms. The quantitative estimate of drug-likeness (QED) is 0.692. The number of pyridine rings is 1. The van der Waals surface area contributed by atoms with E-state index in [0.29, 0.717) is 12.6 Å². The second-order valence-electron chi connectivity index (χ2n) is 1.72. The van der Waals surface area contributed by atoms with Crippen LogP contribution in [0.2, 0.25) is 0 Å². The minimum absolute atomic E-state index is 0. The van der Waals surface area contributed by atoms with E-state index in [4.69, 9.17) is 0 Å². The van der Waals surface area contributed by atoms with Crippen LogP contribution in [0.4, 0.5) is 0 Å². The molecule has 0 radical (unpaired) electrons. The van der Waals surface area contributed by atoms with Gasteiger partial charge in [0.05, 0.1) is 0 Å². The van der Waals surface area contributed by atoms with Gasteiger partial charge in [-0.15, -0.1) is 24.8 Å². The summed E-state index contributed by atoms with van der Waals surface area (Å²) in [5.74, 6) is 0. The van der Waals surface area contributed by atoms with Crippen LogP contribution in [0, 0.1) is 0 Å². The highest BCUT2D eigenvalue weighted by atomic mass is 35.5. The zero-order valence-corrected chi connectivity index (χ0v) is 7.60. The number of hydrogen-bond acceptors (Lipinski definition) is 3. The minimum atomic E-state index is 0. The van der Waals surface area contributed by atoms with Gasteiger partial charge in [-0.1, -0.05) is 6.07 Å². The number of carbonyl (C=O) groups excluding carboxylic acids is 2. The van der Waals surface area contributed by atoms with Crippen LogP contribution in [-0.2, 0) is 0 Å². The Labute approximate surface area is 82.0 Å². The van der Waals surface area contributed by atoms with Crippen LogP contribution in [0.15, 0.2) is 18.2 Å². The third-order valence-electron chi connectivity index (χ3n) is 1.03. The minimum Gasteiger partial charge on any atom is -0.296 e. The Morgan fingerprint density at radius 2 is 1.42 bits per heavy atom. The first-order chi connectivity index (χ1) is 4.86. The van der Waals surface area contributed by atoms with Crippen molar-refractivity contribution in [2.24, 2.45) is 0 Å². The smallest absolute Gasteiger partial charge is 0.168 e. The van der Waals surface area contributed by atoms with E-state index in [9.17, 15) is 9.59 Å². The van der Waals surface area contributed by atoms with Crippen molar-refractivity contribution in [1.82, 2.24) is 4.98 Å². The van der Waals surface area contributed by atoms with Gasteiger partial charge in [-0.25, -0.2) is 4.98 Å². The van der Waals surface area contributed by atoms with Crippen LogP contribution in [-0.4, -0.2) is 17.6 Å². The molecule has 0 saturated heterocycles. The SMILES string of the molecule is Cl.Cl.O=Cc1cccc(C=O)n1. The normalized spacial score (nSPS) is 7.33. The molecule has 0 aromatic carbocycles. The molecule has 1 rings (SSSR count). The lowest BCUT2D eigenvalue weighted by Gasteiger charge is -1.88. The molecule has 1 aromatic heterocycles. The van der Waals surface area contributed by atoms with Crippen molar-refractivity contribution in [3.8, 4) is 0 Å². The van der Waals surface area contributed by atoms with Gasteiger partial charge in [0, 0.05) is 0 Å². The monoisotopic (exact) mass is 207 g/mol. The first-order valence-corrected chi connectivity index (χ1v) is 2.74. The Balaban J connectivity index is 0. The summed E-state index contributed by atoms with van der Waals surface area (Å²) in [4.78, 5) is 23.9. The summed E-state index contributed by atoms with van der Waals surface area (Å²) in [6, 6.07) is 4.69. The molecule has 0 bridgehead atoms. The zero-order chi connectivity index (χ0) is 7.40. The molecule has 0 aliphatic heterocycles. The lowest BCUT2D eigenvalue weighted by atomic mass is 10.3. The summed E-state index contributed by atoms with van der Waals surface area (Å²) in [6.45, 7) is 0. The second kappa shape index (κ2) is 6.76. The molecule has 5 heteroatoms. The van der Waals surface area contributed by atoms with Crippen molar-refractivity contribution < 1.29 is 9.59 Å². The third-order valence-corrected chi connectivity index (χ3v) is 1.03. The molecule has 0 amide bonds. The van der Waals surface area contributed by atoms with Crippen LogP contribution in [0.25, 0.3) is 0 Å². The number of carbonyl (C=O) groups is 2. The van der Waals surface area contributed by atoms with Gasteiger partial charge in [-0.3, -0.25) is 9.59 Å². The average Bonchev–Trinajstić information content (AvgIpc) is 2.05. The molecule has 0 N–H and O–H groups in total. The zero-order valence-electron chi connectivity index (χ0n) is 5.97. The summed E-state index contributed by atoms with van der Waals surface area (Å²) in [7, 11) is 0. The topological polar surface area (TPSA) is 47.0 Å². The van der Waals surface area contributed by atoms with Crippen molar-refractivity contribution in [3.05, 3.63) is 29.6 Å². The average molecular weight is 208 g/mol. The molecule has 0 fully saturated rings. The van der Waals surface area contributed by atoms with E-state index < -0.39 is 0 Å². The maximum atomic E-state index is 10.1. The van der Waals surface area contributed by atoms with Crippen molar-refractivity contribution >= 4 is 37.4 Å². The van der Waals surface area contributed by atoms with Crippen LogP contribution < -0.4 is 0 Å². The van der Waals surface area contributed by atoms with Crippen LogP contribution in [0.5, 0.6) is 0 Å². The summed E-state index contributed by atoms with van der Waals surface area (Å²) in [5.41, 5.74) is 0.564. The summed E-state index contributed by atoms with van der Waals surface area (Å²) in [5, 5.41) is 0. The van der Waals surface area contributed by atoms with Gasteiger partial charge in [0.15, 0.2) is 12.6 Å². The van der Waals surface area contributed by atoms with E-state index in [1.807, 2.05) is 0 Å².